The maximum absolute atomic E-state index is 14.2. The van der Waals surface area contributed by atoms with Crippen molar-refractivity contribution in [2.75, 3.05) is 6.61 Å². The molecule has 0 saturated carbocycles. The van der Waals surface area contributed by atoms with E-state index in [2.05, 4.69) is 0 Å². The summed E-state index contributed by atoms with van der Waals surface area (Å²) in [4.78, 5) is 45.5. The van der Waals surface area contributed by atoms with E-state index in [1.54, 1.807) is 36.4 Å². The maximum atomic E-state index is 14.2. The molecule has 0 aliphatic carbocycles. The van der Waals surface area contributed by atoms with Crippen LogP contribution in [0.5, 0.6) is 5.88 Å². The van der Waals surface area contributed by atoms with Crippen LogP contribution < -0.4 is 10.6 Å². The molecule has 7 heterocycles. The summed E-state index contributed by atoms with van der Waals surface area (Å²) in [5.74, 6) is -3.77. The van der Waals surface area contributed by atoms with Crippen LogP contribution >= 0.6 is 0 Å². The Bertz CT molecular complexity index is 2440. The third kappa shape index (κ3) is 4.17. The van der Waals surface area contributed by atoms with Gasteiger partial charge in [-0.15, -0.1) is 0 Å². The van der Waals surface area contributed by atoms with E-state index in [0.717, 1.165) is 10.1 Å². The van der Waals surface area contributed by atoms with Gasteiger partial charge in [-0.25, -0.2) is 14.6 Å². The van der Waals surface area contributed by atoms with Gasteiger partial charge in [-0.2, -0.15) is 0 Å². The van der Waals surface area contributed by atoms with E-state index < -0.39 is 73.1 Å². The third-order valence-electron chi connectivity index (χ3n) is 10.6. The number of hydrogen-bond acceptors (Lipinski definition) is 10. The second-order valence-corrected chi connectivity index (χ2v) is 13.3. The number of ether oxygens (including phenoxy) is 1. The summed E-state index contributed by atoms with van der Waals surface area (Å²) in [5.41, 5.74) is 2.68. The van der Waals surface area contributed by atoms with E-state index in [1.807, 2.05) is 12.1 Å². The number of carboxylic acid groups (broad SMARTS) is 2. The molecule has 15 heteroatoms. The van der Waals surface area contributed by atoms with Crippen molar-refractivity contribution in [2.45, 2.75) is 55.6 Å². The van der Waals surface area contributed by atoms with E-state index in [-0.39, 0.29) is 35.4 Å². The minimum Gasteiger partial charge on any atom is -0.494 e. The molecule has 1 saturated heterocycles. The number of fused-ring (bicyclic) bond motifs is 8. The molecule has 5 aliphatic heterocycles. The van der Waals surface area contributed by atoms with Gasteiger partial charge in [0.2, 0.25) is 5.88 Å². The second kappa shape index (κ2) is 11.0. The molecule has 260 valence electrons. The molecule has 7 N–H and O–H groups in total. The van der Waals surface area contributed by atoms with E-state index in [1.165, 1.54) is 21.3 Å². The predicted octanol–water partition coefficient (Wildman–Crippen LogP) is -0.252. The van der Waals surface area contributed by atoms with Crippen LogP contribution in [0.1, 0.15) is 29.8 Å². The number of amides is 1. The number of hydrogen-bond donors (Lipinski definition) is 7. The van der Waals surface area contributed by atoms with E-state index in [0.29, 0.717) is 38.8 Å². The van der Waals surface area contributed by atoms with Gasteiger partial charge in [0, 0.05) is 29.0 Å². The molecule has 1 fully saturated rings. The first-order valence-corrected chi connectivity index (χ1v) is 16.3. The molecular weight excluding hydrogens is 664 g/mol. The predicted molar refractivity (Wildman–Crippen MR) is 175 cm³/mol. The van der Waals surface area contributed by atoms with Crippen LogP contribution in [-0.2, 0) is 25.5 Å². The fourth-order valence-electron chi connectivity index (χ4n) is 8.30. The van der Waals surface area contributed by atoms with Crippen molar-refractivity contribution >= 4 is 39.9 Å². The van der Waals surface area contributed by atoms with Crippen LogP contribution in [0.15, 0.2) is 77.1 Å². The number of aliphatic hydroxyl groups excluding tert-OH is 4. The largest absolute Gasteiger partial charge is 0.494 e. The number of rotatable bonds is 5. The molecule has 0 spiro atoms. The normalized spacial score (nSPS) is 27.8. The smallest absolute Gasteiger partial charge is 0.327 e. The van der Waals surface area contributed by atoms with E-state index in [9.17, 15) is 50.1 Å². The molecule has 0 bridgehead atoms. The lowest BCUT2D eigenvalue weighted by Gasteiger charge is -2.41. The summed E-state index contributed by atoms with van der Waals surface area (Å²) in [6.07, 6.45) is -6.33. The first-order chi connectivity index (χ1) is 24.5. The topological polar surface area (TPSA) is 228 Å². The highest BCUT2D eigenvalue weighted by atomic mass is 16.6. The number of benzene rings is 2. The summed E-state index contributed by atoms with van der Waals surface area (Å²) in [6, 6.07) is 13.0. The van der Waals surface area contributed by atoms with Crippen molar-refractivity contribution in [1.29, 1.82) is 0 Å². The van der Waals surface area contributed by atoms with Crippen LogP contribution in [-0.4, -0.2) is 105 Å². The second-order valence-electron chi connectivity index (χ2n) is 13.3. The first-order valence-electron chi connectivity index (χ1n) is 16.3. The Hall–Kier alpha value is -5.58. The monoisotopic (exact) mass is 694 g/mol. The molecule has 51 heavy (non-hydrogen) atoms. The zero-order valence-corrected chi connectivity index (χ0v) is 26.5. The highest BCUT2D eigenvalue weighted by molar-refractivity contribution is 6.25. The Morgan fingerprint density at radius 2 is 1.63 bits per heavy atom. The van der Waals surface area contributed by atoms with E-state index >= 15 is 0 Å². The summed E-state index contributed by atoms with van der Waals surface area (Å²) in [6.45, 7) is -0.677. The molecule has 15 nitrogen and oxygen atoms in total. The van der Waals surface area contributed by atoms with Crippen molar-refractivity contribution in [3.05, 3.63) is 93.8 Å². The number of aliphatic carboxylic acids is 2. The number of carboxylic acids is 2. The molecule has 5 aliphatic rings. The van der Waals surface area contributed by atoms with Crippen LogP contribution in [0.25, 0.3) is 33.4 Å². The fourth-order valence-corrected chi connectivity index (χ4v) is 8.30. The van der Waals surface area contributed by atoms with Crippen LogP contribution in [0.4, 0.5) is 0 Å². The minimum atomic E-state index is -1.71. The van der Waals surface area contributed by atoms with Gasteiger partial charge in [-0.3, -0.25) is 14.3 Å². The number of aromatic nitrogens is 2. The Morgan fingerprint density at radius 1 is 0.902 bits per heavy atom. The SMILES string of the molecule is O=C(O)C1CC2=c3ccccc3=NC2=C2C=C(c3cc4n(c3O)C(C(=O)O)Cc3c-4n(C4OC(CO)C(O)C(O)C4O)c4ccccc34)C(=O)N21. The molecule has 2 aromatic heterocycles. The van der Waals surface area contributed by atoms with Gasteiger partial charge in [0.05, 0.1) is 45.8 Å². The summed E-state index contributed by atoms with van der Waals surface area (Å²) >= 11 is 0. The van der Waals surface area contributed by atoms with Crippen LogP contribution in [0, 0.1) is 0 Å². The van der Waals surface area contributed by atoms with Crippen molar-refractivity contribution < 1.29 is 54.9 Å². The maximum Gasteiger partial charge on any atom is 0.327 e. The Morgan fingerprint density at radius 3 is 2.37 bits per heavy atom. The molecule has 7 unspecified atom stereocenters. The van der Waals surface area contributed by atoms with Gasteiger partial charge in [-0.1, -0.05) is 36.4 Å². The Balaban J connectivity index is 1.27. The van der Waals surface area contributed by atoms with Gasteiger partial charge in [0.25, 0.3) is 5.91 Å². The average Bonchev–Trinajstić information content (AvgIpc) is 3.86. The molecule has 1 amide bonds. The zero-order valence-electron chi connectivity index (χ0n) is 26.5. The quantitative estimate of drug-likeness (QED) is 0.144. The van der Waals surface area contributed by atoms with Gasteiger partial charge in [-0.05, 0) is 35.4 Å². The van der Waals surface area contributed by atoms with Crippen molar-refractivity contribution in [2.24, 2.45) is 4.99 Å². The number of nitrogens with zero attached hydrogens (tertiary/aromatic N) is 4. The summed E-state index contributed by atoms with van der Waals surface area (Å²) in [5, 5.41) is 77.0. The highest BCUT2D eigenvalue weighted by Crippen LogP contribution is 2.51. The Kier molecular flexibility index (Phi) is 6.75. The van der Waals surface area contributed by atoms with Gasteiger partial charge >= 0.3 is 11.9 Å². The lowest BCUT2D eigenvalue weighted by atomic mass is 9.95. The first kappa shape index (κ1) is 31.4. The molecular formula is C36H30N4O11. The molecule has 4 aromatic rings. The van der Waals surface area contributed by atoms with Gasteiger partial charge in [0.15, 0.2) is 6.23 Å². The average molecular weight is 695 g/mol. The summed E-state index contributed by atoms with van der Waals surface area (Å²) < 4.78 is 8.68. The van der Waals surface area contributed by atoms with E-state index in [4.69, 9.17) is 9.73 Å². The number of carbonyl (C=O) groups excluding carboxylic acids is 1. The number of aliphatic hydroxyl groups is 4. The van der Waals surface area contributed by atoms with Crippen LogP contribution in [0.3, 0.4) is 0 Å². The van der Waals surface area contributed by atoms with Crippen molar-refractivity contribution in [1.82, 2.24) is 14.0 Å². The standard InChI is InChI=1S/C36H30N4O11/c41-13-26-29(42)30(43)31(44)34(51-26)40-21-8-4-2-6-15(21)17-10-25(36(49)50)39-23(28(17)40)12-19(33(39)46)18-11-22-27-16(14-5-1-3-7-20(14)37-27)9-24(35(47)48)38(22)32(18)45/h1-8,11-12,24-26,29-31,34,41-44,46H,9-10,13H2,(H,47,48)(H,49,50). The number of para-hydroxylation sites is 2. The number of allylic oxidation sites excluding steroid dienone is 2. The van der Waals surface area contributed by atoms with Crippen molar-refractivity contribution in [3.8, 4) is 17.3 Å². The molecule has 7 atom stereocenters. The molecule has 0 radical (unpaired) electrons. The van der Waals surface area contributed by atoms with Crippen molar-refractivity contribution in [3.63, 3.8) is 0 Å². The lowest BCUT2D eigenvalue weighted by Crippen LogP contribution is -2.56. The van der Waals surface area contributed by atoms with Gasteiger partial charge < -0.3 is 45.0 Å². The van der Waals surface area contributed by atoms with Crippen LogP contribution in [0.2, 0.25) is 0 Å². The minimum absolute atomic E-state index is 0.00341. The third-order valence-corrected chi connectivity index (χ3v) is 10.6. The Labute approximate surface area is 286 Å². The number of aromatic hydroxyl groups is 1. The zero-order chi connectivity index (χ0) is 35.6. The highest BCUT2D eigenvalue weighted by Gasteiger charge is 2.49. The summed E-state index contributed by atoms with van der Waals surface area (Å²) in [7, 11) is 0. The van der Waals surface area contributed by atoms with Gasteiger partial charge in [0.1, 0.15) is 36.5 Å². The molecule has 9 rings (SSSR count). The fraction of sp³-hybridized carbons (Fsp3) is 0.278. The lowest BCUT2D eigenvalue weighted by molar-refractivity contribution is -0.249. The number of carbonyl (C=O) groups is 3. The molecule has 2 aromatic carbocycles.